The van der Waals surface area contributed by atoms with E-state index < -0.39 is 53.0 Å². The van der Waals surface area contributed by atoms with E-state index in [0.717, 1.165) is 18.4 Å². The standard InChI is InChI=1S/C30H38N4O5/c1-18(2)23(24(35)28(38)32-22-16-17-22)33-26(36)19(3)31-29(39)25(30(4,5)21-14-10-7-11-15-21)34-27(37)20-12-8-6-9-13-20/h6-15,18-19,22-23,25H,16-17H2,1-5H3,(H,31,39)(H,32,38)(H,33,36)(H,34,37). The number of rotatable bonds is 12. The van der Waals surface area contributed by atoms with Gasteiger partial charge in [-0.1, -0.05) is 76.2 Å². The van der Waals surface area contributed by atoms with E-state index in [9.17, 15) is 24.0 Å². The van der Waals surface area contributed by atoms with Crippen molar-refractivity contribution in [3.8, 4) is 0 Å². The third-order valence-corrected chi connectivity index (χ3v) is 6.95. The molecule has 0 spiro atoms. The van der Waals surface area contributed by atoms with Gasteiger partial charge in [0.15, 0.2) is 0 Å². The minimum atomic E-state index is -1.04. The van der Waals surface area contributed by atoms with Crippen molar-refractivity contribution >= 4 is 29.4 Å². The summed E-state index contributed by atoms with van der Waals surface area (Å²) in [6.45, 7) is 8.63. The van der Waals surface area contributed by atoms with Gasteiger partial charge in [0.05, 0.1) is 6.04 Å². The van der Waals surface area contributed by atoms with Gasteiger partial charge in [-0.25, -0.2) is 0 Å². The van der Waals surface area contributed by atoms with Gasteiger partial charge in [-0.05, 0) is 43.4 Å². The van der Waals surface area contributed by atoms with Crippen molar-refractivity contribution in [1.82, 2.24) is 21.3 Å². The maximum Gasteiger partial charge on any atom is 0.289 e. The molecule has 1 aliphatic rings. The molecule has 208 valence electrons. The molecular formula is C30H38N4O5. The number of hydrogen-bond acceptors (Lipinski definition) is 5. The predicted octanol–water partition coefficient (Wildman–Crippen LogP) is 2.26. The summed E-state index contributed by atoms with van der Waals surface area (Å²) in [5.74, 6) is -3.38. The largest absolute Gasteiger partial charge is 0.347 e. The van der Waals surface area contributed by atoms with Crippen LogP contribution in [0.15, 0.2) is 60.7 Å². The number of hydrogen-bond donors (Lipinski definition) is 4. The monoisotopic (exact) mass is 534 g/mol. The van der Waals surface area contributed by atoms with Crippen molar-refractivity contribution in [3.05, 3.63) is 71.8 Å². The maximum atomic E-state index is 13.6. The van der Waals surface area contributed by atoms with Crippen molar-refractivity contribution < 1.29 is 24.0 Å². The average Bonchev–Trinajstić information content (AvgIpc) is 3.74. The quantitative estimate of drug-likeness (QED) is 0.310. The van der Waals surface area contributed by atoms with E-state index in [1.165, 1.54) is 6.92 Å². The van der Waals surface area contributed by atoms with Crippen LogP contribution in [0, 0.1) is 5.92 Å². The molecule has 0 heterocycles. The Kier molecular flexibility index (Phi) is 9.61. The SMILES string of the molecule is CC(NC(=O)C(NC(=O)c1ccccc1)C(C)(C)c1ccccc1)C(=O)NC(C(=O)C(=O)NC1CC1)C(C)C. The van der Waals surface area contributed by atoms with Crippen molar-refractivity contribution in [2.75, 3.05) is 0 Å². The molecule has 0 bridgehead atoms. The molecule has 2 aromatic rings. The lowest BCUT2D eigenvalue weighted by atomic mass is 9.77. The molecule has 4 amide bonds. The van der Waals surface area contributed by atoms with Crippen LogP contribution in [0.5, 0.6) is 0 Å². The summed E-state index contributed by atoms with van der Waals surface area (Å²) in [6, 6.07) is 14.8. The average molecular weight is 535 g/mol. The van der Waals surface area contributed by atoms with Gasteiger partial charge in [0.1, 0.15) is 12.1 Å². The zero-order valence-corrected chi connectivity index (χ0v) is 23.1. The van der Waals surface area contributed by atoms with Gasteiger partial charge in [-0.15, -0.1) is 0 Å². The zero-order chi connectivity index (χ0) is 28.7. The highest BCUT2D eigenvalue weighted by molar-refractivity contribution is 6.38. The Bertz CT molecular complexity index is 1190. The molecule has 3 atom stereocenters. The summed E-state index contributed by atoms with van der Waals surface area (Å²) in [4.78, 5) is 64.7. The molecule has 1 saturated carbocycles. The maximum absolute atomic E-state index is 13.6. The van der Waals surface area contributed by atoms with Crippen LogP contribution < -0.4 is 21.3 Å². The summed E-state index contributed by atoms with van der Waals surface area (Å²) in [7, 11) is 0. The fourth-order valence-electron chi connectivity index (χ4n) is 4.21. The summed E-state index contributed by atoms with van der Waals surface area (Å²) >= 11 is 0. The summed E-state index contributed by atoms with van der Waals surface area (Å²) in [6.07, 6.45) is 1.67. The van der Waals surface area contributed by atoms with E-state index in [-0.39, 0.29) is 12.0 Å². The lowest BCUT2D eigenvalue weighted by Gasteiger charge is -2.35. The number of carbonyl (C=O) groups is 5. The highest BCUT2D eigenvalue weighted by atomic mass is 16.2. The Morgan fingerprint density at radius 1 is 0.769 bits per heavy atom. The molecule has 0 saturated heterocycles. The smallest absolute Gasteiger partial charge is 0.289 e. The number of ketones is 1. The molecule has 3 rings (SSSR count). The highest BCUT2D eigenvalue weighted by Gasteiger charge is 2.39. The van der Waals surface area contributed by atoms with E-state index >= 15 is 0 Å². The topological polar surface area (TPSA) is 133 Å². The summed E-state index contributed by atoms with van der Waals surface area (Å²) in [5.41, 5.74) is 0.374. The molecule has 2 aromatic carbocycles. The number of benzene rings is 2. The highest BCUT2D eigenvalue weighted by Crippen LogP contribution is 2.28. The van der Waals surface area contributed by atoms with Crippen molar-refractivity contribution in [1.29, 1.82) is 0 Å². The molecule has 3 unspecified atom stereocenters. The summed E-state index contributed by atoms with van der Waals surface area (Å²) in [5, 5.41) is 10.8. The third-order valence-electron chi connectivity index (χ3n) is 6.95. The Balaban J connectivity index is 1.76. The van der Waals surface area contributed by atoms with Crippen LogP contribution in [0.3, 0.4) is 0 Å². The van der Waals surface area contributed by atoms with Crippen LogP contribution in [-0.2, 0) is 24.6 Å². The van der Waals surface area contributed by atoms with Gasteiger partial charge in [0.2, 0.25) is 17.6 Å². The molecule has 4 N–H and O–H groups in total. The molecule has 0 aromatic heterocycles. The Labute approximate surface area is 229 Å². The number of amides is 4. The zero-order valence-electron chi connectivity index (χ0n) is 23.1. The first kappa shape index (κ1) is 29.5. The second-order valence-corrected chi connectivity index (χ2v) is 10.9. The van der Waals surface area contributed by atoms with Crippen LogP contribution in [0.1, 0.15) is 63.4 Å². The first-order valence-electron chi connectivity index (χ1n) is 13.3. The predicted molar refractivity (Wildman–Crippen MR) is 148 cm³/mol. The van der Waals surface area contributed by atoms with E-state index in [0.29, 0.717) is 5.56 Å². The van der Waals surface area contributed by atoms with E-state index in [4.69, 9.17) is 0 Å². The molecule has 1 fully saturated rings. The van der Waals surface area contributed by atoms with Crippen LogP contribution in [0.25, 0.3) is 0 Å². The van der Waals surface area contributed by atoms with Crippen LogP contribution >= 0.6 is 0 Å². The van der Waals surface area contributed by atoms with Crippen LogP contribution in [-0.4, -0.2) is 53.6 Å². The molecule has 0 radical (unpaired) electrons. The lowest BCUT2D eigenvalue weighted by Crippen LogP contribution is -2.60. The Hall–Kier alpha value is -4.01. The second-order valence-electron chi connectivity index (χ2n) is 10.9. The van der Waals surface area contributed by atoms with Gasteiger partial charge < -0.3 is 21.3 Å². The lowest BCUT2D eigenvalue weighted by molar-refractivity contribution is -0.141. The van der Waals surface area contributed by atoms with Crippen molar-refractivity contribution in [2.24, 2.45) is 5.92 Å². The van der Waals surface area contributed by atoms with Gasteiger partial charge in [-0.2, -0.15) is 0 Å². The summed E-state index contributed by atoms with van der Waals surface area (Å²) < 4.78 is 0. The minimum Gasteiger partial charge on any atom is -0.347 e. The van der Waals surface area contributed by atoms with Crippen LogP contribution in [0.2, 0.25) is 0 Å². The Morgan fingerprint density at radius 2 is 1.33 bits per heavy atom. The molecule has 1 aliphatic carbocycles. The van der Waals surface area contributed by atoms with Crippen LogP contribution in [0.4, 0.5) is 0 Å². The molecule has 9 nitrogen and oxygen atoms in total. The molecule has 39 heavy (non-hydrogen) atoms. The fraction of sp³-hybridized carbons (Fsp3) is 0.433. The number of Topliss-reactive ketones (excluding diaryl/α,β-unsaturated/α-hetero) is 1. The Morgan fingerprint density at radius 3 is 1.87 bits per heavy atom. The van der Waals surface area contributed by atoms with Gasteiger partial charge in [0, 0.05) is 17.0 Å². The molecule has 9 heteroatoms. The first-order valence-corrected chi connectivity index (χ1v) is 13.3. The molecule has 0 aliphatic heterocycles. The van der Waals surface area contributed by atoms with E-state index in [2.05, 4.69) is 21.3 Å². The minimum absolute atomic E-state index is 0.0131. The van der Waals surface area contributed by atoms with Gasteiger partial charge in [-0.3, -0.25) is 24.0 Å². The second kappa shape index (κ2) is 12.7. The number of nitrogens with one attached hydrogen (secondary N) is 4. The normalized spacial score (nSPS) is 15.4. The third kappa shape index (κ3) is 7.75. The number of carbonyl (C=O) groups excluding carboxylic acids is 5. The van der Waals surface area contributed by atoms with E-state index in [1.807, 2.05) is 44.2 Å². The molecular weight excluding hydrogens is 496 g/mol. The first-order chi connectivity index (χ1) is 18.4. The van der Waals surface area contributed by atoms with Crippen molar-refractivity contribution in [2.45, 2.75) is 77.0 Å². The fourth-order valence-corrected chi connectivity index (χ4v) is 4.21. The van der Waals surface area contributed by atoms with Crippen molar-refractivity contribution in [3.63, 3.8) is 0 Å². The van der Waals surface area contributed by atoms with E-state index in [1.54, 1.807) is 44.2 Å². The van der Waals surface area contributed by atoms with Gasteiger partial charge >= 0.3 is 0 Å². The van der Waals surface area contributed by atoms with Gasteiger partial charge in [0.25, 0.3) is 11.8 Å².